The van der Waals surface area contributed by atoms with Gasteiger partial charge in [0, 0.05) is 30.0 Å². The van der Waals surface area contributed by atoms with Gasteiger partial charge in [-0.25, -0.2) is 4.98 Å². The highest BCUT2D eigenvalue weighted by atomic mass is 35.5. The Morgan fingerprint density at radius 3 is 2.67 bits per heavy atom. The number of hydrogen-bond acceptors (Lipinski definition) is 5. The Kier molecular flexibility index (Phi) is 4.61. The third kappa shape index (κ3) is 3.81. The van der Waals surface area contributed by atoms with Crippen molar-refractivity contribution in [3.05, 3.63) is 35.5 Å². The van der Waals surface area contributed by atoms with Crippen molar-refractivity contribution in [2.75, 3.05) is 11.9 Å². The Bertz CT molecular complexity index is 870. The summed E-state index contributed by atoms with van der Waals surface area (Å²) in [5.74, 6) is -0.107. The number of halogens is 3. The zero-order chi connectivity index (χ0) is 19.0. The molecule has 1 aromatic heterocycles. The highest BCUT2D eigenvalue weighted by Gasteiger charge is 2.43. The topological polar surface area (TPSA) is 69.7 Å². The number of carbonyl (C=O) groups excluding carboxylic acids is 1. The number of anilines is 1. The van der Waals surface area contributed by atoms with E-state index < -0.39 is 12.4 Å². The van der Waals surface area contributed by atoms with Gasteiger partial charge in [0.05, 0.1) is 5.02 Å². The monoisotopic (exact) mass is 396 g/mol. The second-order valence-electron chi connectivity index (χ2n) is 6.22. The first-order valence-corrected chi connectivity index (χ1v) is 8.77. The van der Waals surface area contributed by atoms with Gasteiger partial charge in [0.2, 0.25) is 0 Å². The minimum atomic E-state index is -3.71. The molecule has 0 saturated carbocycles. The van der Waals surface area contributed by atoms with Crippen LogP contribution in [0.4, 0.5) is 14.6 Å². The van der Waals surface area contributed by atoms with Gasteiger partial charge in [0.15, 0.2) is 11.5 Å². The second-order valence-corrected chi connectivity index (χ2v) is 6.63. The zero-order valence-corrected chi connectivity index (χ0v) is 14.8. The molecular weight excluding hydrogens is 382 g/mol. The molecular formula is C18H15ClF2N2O4. The number of alkyl halides is 2. The van der Waals surface area contributed by atoms with Crippen LogP contribution in [0, 0.1) is 0 Å². The number of aromatic nitrogens is 1. The lowest BCUT2D eigenvalue weighted by molar-refractivity contribution is -0.286. The molecule has 0 spiro atoms. The number of rotatable bonds is 3. The smallest absolute Gasteiger partial charge is 0.395 e. The van der Waals surface area contributed by atoms with Crippen LogP contribution < -0.4 is 14.8 Å². The van der Waals surface area contributed by atoms with E-state index in [2.05, 4.69) is 19.8 Å². The van der Waals surface area contributed by atoms with E-state index in [0.717, 1.165) is 12.8 Å². The molecule has 4 rings (SSSR count). The molecule has 1 N–H and O–H groups in total. The van der Waals surface area contributed by atoms with E-state index in [1.165, 1.54) is 18.3 Å². The first kappa shape index (κ1) is 17.9. The summed E-state index contributed by atoms with van der Waals surface area (Å²) in [7, 11) is 0. The van der Waals surface area contributed by atoms with Crippen molar-refractivity contribution in [3.63, 3.8) is 0 Å². The summed E-state index contributed by atoms with van der Waals surface area (Å²) < 4.78 is 40.6. The van der Waals surface area contributed by atoms with Crippen LogP contribution >= 0.6 is 11.6 Å². The van der Waals surface area contributed by atoms with Crippen molar-refractivity contribution < 1.29 is 27.8 Å². The van der Waals surface area contributed by atoms with Gasteiger partial charge in [-0.2, -0.15) is 0 Å². The summed E-state index contributed by atoms with van der Waals surface area (Å²) in [6.07, 6.45) is -0.103. The predicted molar refractivity (Wildman–Crippen MR) is 93.1 cm³/mol. The van der Waals surface area contributed by atoms with Gasteiger partial charge >= 0.3 is 6.29 Å². The van der Waals surface area contributed by atoms with Crippen LogP contribution in [0.5, 0.6) is 11.5 Å². The first-order valence-electron chi connectivity index (χ1n) is 8.39. The van der Waals surface area contributed by atoms with E-state index in [4.69, 9.17) is 16.3 Å². The third-order valence-electron chi connectivity index (χ3n) is 4.29. The Morgan fingerprint density at radius 2 is 2.00 bits per heavy atom. The second kappa shape index (κ2) is 6.94. The van der Waals surface area contributed by atoms with Crippen LogP contribution in [0.25, 0.3) is 11.1 Å². The average molecular weight is 397 g/mol. The fraction of sp³-hybridized carbons (Fsp3) is 0.333. The molecule has 2 aromatic rings. The van der Waals surface area contributed by atoms with Crippen LogP contribution in [0.15, 0.2) is 30.5 Å². The van der Waals surface area contributed by atoms with E-state index in [9.17, 15) is 13.6 Å². The molecule has 9 heteroatoms. The van der Waals surface area contributed by atoms with Gasteiger partial charge in [0.25, 0.3) is 5.91 Å². The number of amides is 1. The minimum absolute atomic E-state index is 0.105. The molecule has 0 radical (unpaired) electrons. The summed E-state index contributed by atoms with van der Waals surface area (Å²) in [6, 6.07) is 5.91. The van der Waals surface area contributed by atoms with E-state index in [-0.39, 0.29) is 22.4 Å². The number of hydrogen-bond donors (Lipinski definition) is 1. The van der Waals surface area contributed by atoms with Crippen molar-refractivity contribution in [2.24, 2.45) is 0 Å². The molecule has 2 aliphatic rings. The standard InChI is InChI=1S/C18H15ClF2N2O4/c19-12-8-15-14(26-18(20,21)27-15)7-11(12)10-4-5-16(22-9-10)23-17(24)13-3-1-2-6-25-13/h4-5,7-9,13H,1-3,6H2,(H,22,23,24). The van der Waals surface area contributed by atoms with Crippen molar-refractivity contribution in [1.82, 2.24) is 4.98 Å². The fourth-order valence-electron chi connectivity index (χ4n) is 2.97. The first-order chi connectivity index (χ1) is 12.9. The van der Waals surface area contributed by atoms with E-state index in [1.807, 2.05) is 0 Å². The molecule has 1 amide bonds. The summed E-state index contributed by atoms with van der Waals surface area (Å²) in [5.41, 5.74) is 1.03. The lowest BCUT2D eigenvalue weighted by Gasteiger charge is -2.21. The van der Waals surface area contributed by atoms with E-state index in [1.54, 1.807) is 12.1 Å². The van der Waals surface area contributed by atoms with Crippen LogP contribution in [-0.4, -0.2) is 29.9 Å². The fourth-order valence-corrected chi connectivity index (χ4v) is 3.24. The van der Waals surface area contributed by atoms with Gasteiger partial charge in [-0.1, -0.05) is 11.6 Å². The molecule has 1 unspecified atom stereocenters. The largest absolute Gasteiger partial charge is 0.586 e. The third-order valence-corrected chi connectivity index (χ3v) is 4.60. The molecule has 142 valence electrons. The molecule has 1 aromatic carbocycles. The maximum absolute atomic E-state index is 13.2. The van der Waals surface area contributed by atoms with Gasteiger partial charge in [0.1, 0.15) is 11.9 Å². The number of benzene rings is 1. The Hall–Kier alpha value is -2.45. The molecule has 0 aliphatic carbocycles. The number of pyridine rings is 1. The van der Waals surface area contributed by atoms with Gasteiger partial charge < -0.3 is 19.5 Å². The highest BCUT2D eigenvalue weighted by Crippen LogP contribution is 2.45. The molecule has 6 nitrogen and oxygen atoms in total. The minimum Gasteiger partial charge on any atom is -0.395 e. The predicted octanol–water partition coefficient (Wildman–Crippen LogP) is 4.23. The summed E-state index contributed by atoms with van der Waals surface area (Å²) in [6.45, 7) is 0.576. The van der Waals surface area contributed by atoms with Crippen molar-refractivity contribution >= 4 is 23.3 Å². The van der Waals surface area contributed by atoms with E-state index in [0.29, 0.717) is 30.0 Å². The van der Waals surface area contributed by atoms with Crippen molar-refractivity contribution in [2.45, 2.75) is 31.7 Å². The van der Waals surface area contributed by atoms with Crippen molar-refractivity contribution in [3.8, 4) is 22.6 Å². The number of nitrogens with zero attached hydrogens (tertiary/aromatic N) is 1. The lowest BCUT2D eigenvalue weighted by Crippen LogP contribution is -2.33. The number of ether oxygens (including phenoxy) is 3. The normalized spacial score (nSPS) is 20.3. The number of fused-ring (bicyclic) bond motifs is 1. The molecule has 27 heavy (non-hydrogen) atoms. The Balaban J connectivity index is 1.50. The highest BCUT2D eigenvalue weighted by molar-refractivity contribution is 6.33. The van der Waals surface area contributed by atoms with Crippen LogP contribution in [0.2, 0.25) is 5.02 Å². The molecule has 1 fully saturated rings. The van der Waals surface area contributed by atoms with Gasteiger partial charge in [-0.05, 0) is 37.5 Å². The summed E-state index contributed by atoms with van der Waals surface area (Å²) >= 11 is 6.17. The maximum atomic E-state index is 13.2. The lowest BCUT2D eigenvalue weighted by atomic mass is 10.1. The quantitative estimate of drug-likeness (QED) is 0.840. The molecule has 0 bridgehead atoms. The Morgan fingerprint density at radius 1 is 1.22 bits per heavy atom. The molecule has 3 heterocycles. The van der Waals surface area contributed by atoms with Crippen LogP contribution in [0.1, 0.15) is 19.3 Å². The molecule has 1 atom stereocenters. The average Bonchev–Trinajstić information content (AvgIpc) is 2.95. The summed E-state index contributed by atoms with van der Waals surface area (Å²) in [5, 5.41) is 2.92. The van der Waals surface area contributed by atoms with Crippen LogP contribution in [-0.2, 0) is 9.53 Å². The molecule has 1 saturated heterocycles. The zero-order valence-electron chi connectivity index (χ0n) is 14.0. The maximum Gasteiger partial charge on any atom is 0.586 e. The number of nitrogens with one attached hydrogen (secondary N) is 1. The molecule has 2 aliphatic heterocycles. The van der Waals surface area contributed by atoms with Gasteiger partial charge in [-0.3, -0.25) is 4.79 Å². The van der Waals surface area contributed by atoms with Gasteiger partial charge in [-0.15, -0.1) is 8.78 Å². The SMILES string of the molecule is O=C(Nc1ccc(-c2cc3c(cc2Cl)OC(F)(F)O3)cn1)C1CCCCO1. The summed E-state index contributed by atoms with van der Waals surface area (Å²) in [4.78, 5) is 16.4. The number of carbonyl (C=O) groups is 1. The Labute approximate surface area is 158 Å². The van der Waals surface area contributed by atoms with E-state index >= 15 is 0 Å². The van der Waals surface area contributed by atoms with Crippen LogP contribution in [0.3, 0.4) is 0 Å². The van der Waals surface area contributed by atoms with Crippen molar-refractivity contribution in [1.29, 1.82) is 0 Å².